The minimum Gasteiger partial charge on any atom is -0.398 e. The van der Waals surface area contributed by atoms with Crippen LogP contribution >= 0.6 is 0 Å². The van der Waals surface area contributed by atoms with E-state index in [1.165, 1.54) is 0 Å². The molecule has 1 aromatic carbocycles. The van der Waals surface area contributed by atoms with Crippen LogP contribution in [0.4, 0.5) is 11.5 Å². The monoisotopic (exact) mass is 313 g/mol. The van der Waals surface area contributed by atoms with Crippen LogP contribution in [0.5, 0.6) is 0 Å². The highest BCUT2D eigenvalue weighted by Gasteiger charge is 2.19. The first-order valence-electron chi connectivity index (χ1n) is 7.21. The molecule has 2 N–H and O–H groups in total. The Labute approximate surface area is 132 Å². The minimum absolute atomic E-state index is 0.595. The molecule has 0 bridgehead atoms. The number of hydrogen-bond acceptors (Lipinski definition) is 4. The predicted octanol–water partition coefficient (Wildman–Crippen LogP) is 2.85. The summed E-state index contributed by atoms with van der Waals surface area (Å²) in [6.45, 7) is 7.10. The van der Waals surface area contributed by atoms with Crippen LogP contribution in [0.15, 0.2) is 53.5 Å². The van der Waals surface area contributed by atoms with Gasteiger partial charge in [-0.25, -0.2) is 4.98 Å². The van der Waals surface area contributed by atoms with Crippen LogP contribution in [0.25, 0.3) is 10.9 Å². The Morgan fingerprint density at radius 1 is 1.41 bits per heavy atom. The summed E-state index contributed by atoms with van der Waals surface area (Å²) < 4.78 is 12.2. The molecule has 1 aliphatic heterocycles. The Balaban J connectivity index is 2.04. The van der Waals surface area contributed by atoms with Crippen LogP contribution in [-0.2, 0) is 10.8 Å². The van der Waals surface area contributed by atoms with Crippen LogP contribution in [-0.4, -0.2) is 28.0 Å². The highest BCUT2D eigenvalue weighted by Crippen LogP contribution is 2.27. The number of anilines is 2. The molecule has 3 rings (SSSR count). The van der Waals surface area contributed by atoms with Gasteiger partial charge in [0.05, 0.1) is 16.3 Å². The maximum atomic E-state index is 12.2. The van der Waals surface area contributed by atoms with Gasteiger partial charge in [0, 0.05) is 40.9 Å². The van der Waals surface area contributed by atoms with Crippen LogP contribution in [0, 0.1) is 0 Å². The zero-order valence-corrected chi connectivity index (χ0v) is 13.4. The third-order valence-electron chi connectivity index (χ3n) is 4.01. The van der Waals surface area contributed by atoms with Crippen molar-refractivity contribution < 1.29 is 4.21 Å². The molecule has 0 spiro atoms. The van der Waals surface area contributed by atoms with Crippen LogP contribution in [0.2, 0.25) is 0 Å². The first kappa shape index (κ1) is 14.8. The molecule has 5 heteroatoms. The third kappa shape index (κ3) is 2.64. The molecule has 0 radical (unpaired) electrons. The minimum atomic E-state index is -0.952. The van der Waals surface area contributed by atoms with Gasteiger partial charge in [0.25, 0.3) is 0 Å². The van der Waals surface area contributed by atoms with Crippen molar-refractivity contribution in [2.75, 3.05) is 29.5 Å². The SMILES string of the molecule is C=CC1=C(C)S(=O)CCN(c2cc(N)c3ccccc3n2)C1. The van der Waals surface area contributed by atoms with E-state index in [1.807, 2.05) is 37.3 Å². The number of aromatic nitrogens is 1. The van der Waals surface area contributed by atoms with Crippen molar-refractivity contribution in [3.8, 4) is 0 Å². The van der Waals surface area contributed by atoms with Gasteiger partial charge in [-0.15, -0.1) is 0 Å². The summed E-state index contributed by atoms with van der Waals surface area (Å²) in [5, 5.41) is 0.959. The fourth-order valence-electron chi connectivity index (χ4n) is 2.64. The lowest BCUT2D eigenvalue weighted by molar-refractivity contribution is 0.686. The second-order valence-electron chi connectivity index (χ2n) is 5.34. The van der Waals surface area contributed by atoms with Gasteiger partial charge >= 0.3 is 0 Å². The van der Waals surface area contributed by atoms with Crippen LogP contribution in [0.3, 0.4) is 0 Å². The summed E-state index contributed by atoms with van der Waals surface area (Å²) in [7, 11) is -0.952. The number of para-hydroxylation sites is 1. The van der Waals surface area contributed by atoms with Crippen molar-refractivity contribution in [2.45, 2.75) is 6.92 Å². The van der Waals surface area contributed by atoms with E-state index in [1.54, 1.807) is 6.08 Å². The van der Waals surface area contributed by atoms with Gasteiger partial charge in [0.1, 0.15) is 5.82 Å². The first-order valence-corrected chi connectivity index (χ1v) is 8.53. The van der Waals surface area contributed by atoms with Crippen molar-refractivity contribution in [1.29, 1.82) is 0 Å². The Hall–Kier alpha value is -2.14. The van der Waals surface area contributed by atoms with Gasteiger partial charge in [-0.05, 0) is 18.6 Å². The van der Waals surface area contributed by atoms with Gasteiger partial charge in [-0.3, -0.25) is 4.21 Å². The Bertz CT molecular complexity index is 798. The number of allylic oxidation sites excluding steroid dienone is 1. The summed E-state index contributed by atoms with van der Waals surface area (Å²) in [6.07, 6.45) is 1.79. The lowest BCUT2D eigenvalue weighted by atomic mass is 10.1. The average Bonchev–Trinajstić information content (AvgIpc) is 2.67. The van der Waals surface area contributed by atoms with E-state index in [2.05, 4.69) is 11.5 Å². The molecule has 2 heterocycles. The van der Waals surface area contributed by atoms with Gasteiger partial charge in [0.15, 0.2) is 0 Å². The highest BCUT2D eigenvalue weighted by molar-refractivity contribution is 7.89. The first-order chi connectivity index (χ1) is 10.6. The number of nitrogens with zero attached hydrogens (tertiary/aromatic N) is 2. The topological polar surface area (TPSA) is 59.2 Å². The normalized spacial score (nSPS) is 19.3. The zero-order chi connectivity index (χ0) is 15.7. The molecule has 0 saturated heterocycles. The molecule has 1 aromatic heterocycles. The fraction of sp³-hybridized carbons (Fsp3) is 0.235. The maximum Gasteiger partial charge on any atom is 0.131 e. The van der Waals surface area contributed by atoms with E-state index in [-0.39, 0.29) is 0 Å². The number of pyridine rings is 1. The Morgan fingerprint density at radius 2 is 2.18 bits per heavy atom. The summed E-state index contributed by atoms with van der Waals surface area (Å²) in [5.41, 5.74) is 8.76. The van der Waals surface area contributed by atoms with Crippen molar-refractivity contribution >= 4 is 33.2 Å². The lowest BCUT2D eigenvalue weighted by Gasteiger charge is -2.23. The zero-order valence-electron chi connectivity index (χ0n) is 12.6. The van der Waals surface area contributed by atoms with Crippen molar-refractivity contribution in [2.24, 2.45) is 0 Å². The van der Waals surface area contributed by atoms with Gasteiger partial charge in [-0.2, -0.15) is 0 Å². The summed E-state index contributed by atoms with van der Waals surface area (Å²) in [5.74, 6) is 1.42. The smallest absolute Gasteiger partial charge is 0.131 e. The number of rotatable bonds is 2. The lowest BCUT2D eigenvalue weighted by Crippen LogP contribution is -2.28. The molecule has 1 unspecified atom stereocenters. The summed E-state index contributed by atoms with van der Waals surface area (Å²) in [4.78, 5) is 7.74. The van der Waals surface area contributed by atoms with E-state index in [4.69, 9.17) is 10.7 Å². The average molecular weight is 313 g/mol. The predicted molar refractivity (Wildman–Crippen MR) is 94.3 cm³/mol. The molecule has 2 aromatic rings. The van der Waals surface area contributed by atoms with E-state index in [9.17, 15) is 4.21 Å². The molecule has 114 valence electrons. The van der Waals surface area contributed by atoms with Gasteiger partial charge < -0.3 is 10.6 Å². The number of nitrogens with two attached hydrogens (primary N) is 1. The number of nitrogen functional groups attached to an aromatic ring is 1. The Morgan fingerprint density at radius 3 is 2.95 bits per heavy atom. The molecular formula is C17H19N3OS. The molecule has 0 aliphatic carbocycles. The third-order valence-corrected chi connectivity index (χ3v) is 5.51. The molecule has 22 heavy (non-hydrogen) atoms. The largest absolute Gasteiger partial charge is 0.398 e. The molecule has 4 nitrogen and oxygen atoms in total. The number of fused-ring (bicyclic) bond motifs is 1. The highest BCUT2D eigenvalue weighted by atomic mass is 32.2. The van der Waals surface area contributed by atoms with Crippen molar-refractivity contribution in [3.05, 3.63) is 53.5 Å². The second kappa shape index (κ2) is 5.93. The summed E-state index contributed by atoms with van der Waals surface area (Å²) in [6, 6.07) is 9.73. The van der Waals surface area contributed by atoms with Crippen molar-refractivity contribution in [3.63, 3.8) is 0 Å². The van der Waals surface area contributed by atoms with Crippen molar-refractivity contribution in [1.82, 2.24) is 4.98 Å². The van der Waals surface area contributed by atoms with Crippen LogP contribution in [0.1, 0.15) is 6.92 Å². The van der Waals surface area contributed by atoms with Crippen LogP contribution < -0.4 is 10.6 Å². The molecule has 0 fully saturated rings. The van der Waals surface area contributed by atoms with Gasteiger partial charge in [-0.1, -0.05) is 30.9 Å². The Kier molecular flexibility index (Phi) is 3.98. The van der Waals surface area contributed by atoms with E-state index < -0.39 is 10.8 Å². The summed E-state index contributed by atoms with van der Waals surface area (Å²) >= 11 is 0. The van der Waals surface area contributed by atoms with E-state index in [0.717, 1.165) is 27.2 Å². The quantitative estimate of drug-likeness (QED) is 0.926. The standard InChI is InChI=1S/C17H19N3OS/c1-3-13-11-20(8-9-22(21)12(13)2)17-10-15(18)14-6-4-5-7-16(14)19-17/h3-7,10H,1,8-9,11H2,2H3,(H2,18,19). The molecule has 1 aliphatic rings. The molecule has 0 amide bonds. The number of benzene rings is 1. The van der Waals surface area contributed by atoms with E-state index in [0.29, 0.717) is 24.5 Å². The molecule has 0 saturated carbocycles. The fourth-order valence-corrected chi connectivity index (χ4v) is 3.77. The van der Waals surface area contributed by atoms with E-state index >= 15 is 0 Å². The number of hydrogen-bond donors (Lipinski definition) is 1. The van der Waals surface area contributed by atoms with Gasteiger partial charge in [0.2, 0.25) is 0 Å². The molecule has 1 atom stereocenters. The maximum absolute atomic E-state index is 12.2. The second-order valence-corrected chi connectivity index (χ2v) is 7.06. The molecular weight excluding hydrogens is 294 g/mol.